The number of aliphatic carboxylic acids is 4. The van der Waals surface area contributed by atoms with Gasteiger partial charge in [0.2, 0.25) is 0 Å². The second-order valence-electron chi connectivity index (χ2n) is 5.43. The molecule has 0 saturated carbocycles. The topological polar surface area (TPSA) is 195 Å². The van der Waals surface area contributed by atoms with Crippen LogP contribution in [0.25, 0.3) is 0 Å². The van der Waals surface area contributed by atoms with Crippen molar-refractivity contribution in [3.8, 4) is 0 Å². The molecule has 0 spiro atoms. The van der Waals surface area contributed by atoms with Crippen molar-refractivity contribution in [3.05, 3.63) is 0 Å². The molecule has 0 radical (unpaired) electrons. The maximum absolute atomic E-state index is 10.8. The summed E-state index contributed by atoms with van der Waals surface area (Å²) in [6.45, 7) is 4.23. The van der Waals surface area contributed by atoms with Crippen molar-refractivity contribution in [3.63, 3.8) is 0 Å². The standard InChI is InChI=1S/C8H12O5.C6H8O5/c1-4(9)5(6(10)11)8(2,3)7(12)13;1-3(7)4(6(10)11)2-5(8)9/h5H,1-3H3,(H,10,11)(H,12,13);4H,2H2,1H3,(H,8,9)(H,10,11)/p-4. The van der Waals surface area contributed by atoms with Crippen LogP contribution in [0.4, 0.5) is 0 Å². The van der Waals surface area contributed by atoms with Crippen LogP contribution in [0.2, 0.25) is 0 Å². The van der Waals surface area contributed by atoms with E-state index < -0.39 is 59.1 Å². The third-order valence-corrected chi connectivity index (χ3v) is 3.04. The Kier molecular flexibility index (Phi) is 9.18. The van der Waals surface area contributed by atoms with Crippen molar-refractivity contribution < 1.29 is 49.2 Å². The van der Waals surface area contributed by atoms with E-state index in [1.807, 2.05) is 0 Å². The first-order valence-corrected chi connectivity index (χ1v) is 6.50. The molecule has 136 valence electrons. The predicted molar refractivity (Wildman–Crippen MR) is 66.8 cm³/mol. The van der Waals surface area contributed by atoms with Gasteiger partial charge in [0.25, 0.3) is 0 Å². The van der Waals surface area contributed by atoms with Gasteiger partial charge < -0.3 is 39.6 Å². The van der Waals surface area contributed by atoms with Gasteiger partial charge in [0.1, 0.15) is 11.6 Å². The zero-order valence-electron chi connectivity index (χ0n) is 13.4. The molecule has 0 fully saturated rings. The fraction of sp³-hybridized carbons (Fsp3) is 0.571. The van der Waals surface area contributed by atoms with E-state index in [1.165, 1.54) is 0 Å². The first kappa shape index (κ1) is 23.5. The van der Waals surface area contributed by atoms with Gasteiger partial charge in [-0.05, 0) is 13.8 Å². The van der Waals surface area contributed by atoms with Crippen molar-refractivity contribution in [2.24, 2.45) is 17.3 Å². The summed E-state index contributed by atoms with van der Waals surface area (Å²) in [5, 5.41) is 40.9. The highest BCUT2D eigenvalue weighted by Crippen LogP contribution is 2.26. The lowest BCUT2D eigenvalue weighted by atomic mass is 9.77. The van der Waals surface area contributed by atoms with E-state index in [-0.39, 0.29) is 0 Å². The minimum Gasteiger partial charge on any atom is -0.550 e. The van der Waals surface area contributed by atoms with E-state index in [2.05, 4.69) is 0 Å². The van der Waals surface area contributed by atoms with Crippen LogP contribution in [0.3, 0.4) is 0 Å². The van der Waals surface area contributed by atoms with Gasteiger partial charge in [-0.15, -0.1) is 0 Å². The minimum absolute atomic E-state index is 0.741. The lowest BCUT2D eigenvalue weighted by Gasteiger charge is -2.33. The van der Waals surface area contributed by atoms with Crippen LogP contribution >= 0.6 is 0 Å². The summed E-state index contributed by atoms with van der Waals surface area (Å²) >= 11 is 0. The third-order valence-electron chi connectivity index (χ3n) is 3.04. The summed E-state index contributed by atoms with van der Waals surface area (Å²) < 4.78 is 0. The van der Waals surface area contributed by atoms with E-state index in [9.17, 15) is 49.2 Å². The highest BCUT2D eigenvalue weighted by atomic mass is 16.4. The highest BCUT2D eigenvalue weighted by Gasteiger charge is 2.35. The molecular formula is C14H16O10-4. The number of rotatable bonds is 8. The molecule has 0 aliphatic rings. The molecule has 0 N–H and O–H groups in total. The SMILES string of the molecule is CC(=O)C(C(=O)[O-])C(C)(C)C(=O)[O-].CC(=O)C(CC(=O)[O-])C(=O)[O-]. The second kappa shape index (κ2) is 9.38. The van der Waals surface area contributed by atoms with Crippen molar-refractivity contribution in [1.29, 1.82) is 0 Å². The van der Waals surface area contributed by atoms with Gasteiger partial charge in [-0.25, -0.2) is 0 Å². The monoisotopic (exact) mass is 344 g/mol. The number of hydrogen-bond acceptors (Lipinski definition) is 10. The molecular weight excluding hydrogens is 328 g/mol. The summed E-state index contributed by atoms with van der Waals surface area (Å²) in [5.74, 6) is -11.3. The molecule has 0 aromatic rings. The first-order valence-electron chi connectivity index (χ1n) is 6.50. The summed E-state index contributed by atoms with van der Waals surface area (Å²) in [5.41, 5.74) is -1.75. The largest absolute Gasteiger partial charge is 0.550 e. The van der Waals surface area contributed by atoms with Crippen LogP contribution < -0.4 is 20.4 Å². The van der Waals surface area contributed by atoms with Crippen molar-refractivity contribution in [1.82, 2.24) is 0 Å². The van der Waals surface area contributed by atoms with E-state index in [4.69, 9.17) is 0 Å². The molecule has 0 aromatic heterocycles. The van der Waals surface area contributed by atoms with Crippen LogP contribution in [0.1, 0.15) is 34.1 Å². The molecule has 2 atom stereocenters. The fourth-order valence-electron chi connectivity index (χ4n) is 1.65. The average molecular weight is 344 g/mol. The van der Waals surface area contributed by atoms with Gasteiger partial charge >= 0.3 is 0 Å². The molecule has 0 rings (SSSR count). The molecule has 0 aliphatic carbocycles. The van der Waals surface area contributed by atoms with Gasteiger partial charge in [0.05, 0.1) is 23.8 Å². The van der Waals surface area contributed by atoms with Gasteiger partial charge in [0.15, 0.2) is 0 Å². The Bertz CT molecular complexity index is 518. The van der Waals surface area contributed by atoms with Crippen molar-refractivity contribution in [2.75, 3.05) is 0 Å². The van der Waals surface area contributed by atoms with Crippen LogP contribution in [-0.4, -0.2) is 35.4 Å². The maximum Gasteiger partial charge on any atom is 0.139 e. The van der Waals surface area contributed by atoms with E-state index in [0.717, 1.165) is 27.7 Å². The van der Waals surface area contributed by atoms with Crippen LogP contribution in [-0.2, 0) is 28.8 Å². The number of Topliss-reactive ketones (excluding diaryl/α,β-unsaturated/α-hetero) is 2. The van der Waals surface area contributed by atoms with Gasteiger partial charge in [0, 0.05) is 23.8 Å². The quantitative estimate of drug-likeness (QED) is 0.384. The molecule has 0 aliphatic heterocycles. The lowest BCUT2D eigenvalue weighted by Crippen LogP contribution is -2.52. The van der Waals surface area contributed by atoms with Crippen LogP contribution in [0, 0.1) is 17.3 Å². The number of carbonyl (C=O) groups is 6. The Morgan fingerprint density at radius 1 is 0.792 bits per heavy atom. The summed E-state index contributed by atoms with van der Waals surface area (Å²) in [6, 6.07) is 0. The molecule has 24 heavy (non-hydrogen) atoms. The maximum atomic E-state index is 10.8. The summed E-state index contributed by atoms with van der Waals surface area (Å²) in [7, 11) is 0. The first-order chi connectivity index (χ1) is 10.7. The number of carboxylic acids is 4. The average Bonchev–Trinajstić information content (AvgIpc) is 2.34. The molecule has 0 amide bonds. The summed E-state index contributed by atoms with van der Waals surface area (Å²) in [4.78, 5) is 62.1. The highest BCUT2D eigenvalue weighted by molar-refractivity contribution is 6.00. The number of carboxylic acid groups (broad SMARTS) is 4. The Morgan fingerprint density at radius 2 is 1.21 bits per heavy atom. The number of hydrogen-bond donors (Lipinski definition) is 0. The fourth-order valence-corrected chi connectivity index (χ4v) is 1.65. The van der Waals surface area contributed by atoms with Gasteiger partial charge in [-0.2, -0.15) is 0 Å². The van der Waals surface area contributed by atoms with Gasteiger partial charge in [-0.1, -0.05) is 13.8 Å². The predicted octanol–water partition coefficient (Wildman–Crippen LogP) is -5.20. The molecule has 0 aromatic carbocycles. The van der Waals surface area contributed by atoms with Crippen molar-refractivity contribution in [2.45, 2.75) is 34.1 Å². The Labute approximate surface area is 137 Å². The normalized spacial score (nSPS) is 12.8. The molecule has 2 unspecified atom stereocenters. The van der Waals surface area contributed by atoms with E-state index in [0.29, 0.717) is 0 Å². The van der Waals surface area contributed by atoms with Gasteiger partial charge in [-0.3, -0.25) is 9.59 Å². The van der Waals surface area contributed by atoms with E-state index >= 15 is 0 Å². The lowest BCUT2D eigenvalue weighted by molar-refractivity contribution is -0.331. The zero-order valence-corrected chi connectivity index (χ0v) is 13.4. The molecule has 10 nitrogen and oxygen atoms in total. The smallest absolute Gasteiger partial charge is 0.139 e. The molecule has 0 bridgehead atoms. The summed E-state index contributed by atoms with van der Waals surface area (Å²) in [6.07, 6.45) is -0.822. The van der Waals surface area contributed by atoms with E-state index in [1.54, 1.807) is 0 Å². The minimum atomic E-state index is -1.75. The zero-order chi connectivity index (χ0) is 19.8. The van der Waals surface area contributed by atoms with Crippen LogP contribution in [0.5, 0.6) is 0 Å². The second-order valence-corrected chi connectivity index (χ2v) is 5.43. The Morgan fingerprint density at radius 3 is 1.29 bits per heavy atom. The molecule has 0 saturated heterocycles. The van der Waals surface area contributed by atoms with Crippen molar-refractivity contribution >= 4 is 35.4 Å². The Balaban J connectivity index is 0. The number of ketones is 2. The third kappa shape index (κ3) is 7.47. The molecule has 10 heteroatoms. The number of carbonyl (C=O) groups excluding carboxylic acids is 6. The Hall–Kier alpha value is -2.78. The van der Waals surface area contributed by atoms with Crippen LogP contribution in [0.15, 0.2) is 0 Å². The molecule has 0 heterocycles.